The Hall–Kier alpha value is -0.820. The lowest BCUT2D eigenvalue weighted by Crippen LogP contribution is -2.06. The highest BCUT2D eigenvalue weighted by molar-refractivity contribution is 5.41. The largest absolute Gasteiger partial charge is 0.330 e. The van der Waals surface area contributed by atoms with Crippen LogP contribution in [0.2, 0.25) is 0 Å². The Morgan fingerprint density at radius 2 is 2.38 bits per heavy atom. The van der Waals surface area contributed by atoms with E-state index in [4.69, 9.17) is 5.73 Å². The Balaban J connectivity index is 2.89. The van der Waals surface area contributed by atoms with Crippen molar-refractivity contribution in [2.24, 2.45) is 11.7 Å². The zero-order valence-electron chi connectivity index (χ0n) is 10.5. The minimum absolute atomic E-state index is 0.725. The van der Waals surface area contributed by atoms with E-state index in [9.17, 15) is 0 Å². The number of rotatable bonds is 5. The molecule has 1 heteroatoms. The van der Waals surface area contributed by atoms with E-state index in [-0.39, 0.29) is 0 Å². The van der Waals surface area contributed by atoms with Gasteiger partial charge >= 0.3 is 0 Å². The molecule has 90 valence electrons. The first-order chi connectivity index (χ1) is 7.83. The molecule has 1 atom stereocenters. The molecule has 1 rings (SSSR count). The highest BCUT2D eigenvalue weighted by Crippen LogP contribution is 2.32. The van der Waals surface area contributed by atoms with Crippen molar-refractivity contribution in [2.75, 3.05) is 6.54 Å². The number of hydrogen-bond acceptors (Lipinski definition) is 1. The maximum atomic E-state index is 5.60. The van der Waals surface area contributed by atoms with Crippen molar-refractivity contribution in [3.05, 3.63) is 36.0 Å². The summed E-state index contributed by atoms with van der Waals surface area (Å²) in [5.74, 6) is 0.725. The third-order valence-electron chi connectivity index (χ3n) is 3.28. The molecule has 0 heterocycles. The maximum Gasteiger partial charge on any atom is -0.00424 e. The predicted octanol–water partition coefficient (Wildman–Crippen LogP) is 3.97. The van der Waals surface area contributed by atoms with Gasteiger partial charge in [0, 0.05) is 0 Å². The molecule has 0 fully saturated rings. The standard InChI is InChI=1S/C15H25N/c1-3-8-14-10-6-5-9-13(4-2)15(14)11-7-12-16/h4,9,11,14H,2-3,5-8,10,12,16H2,1H3/b15-11-. The minimum Gasteiger partial charge on any atom is -0.330 e. The third-order valence-corrected chi connectivity index (χ3v) is 3.28. The second kappa shape index (κ2) is 7.45. The van der Waals surface area contributed by atoms with Crippen LogP contribution in [0.25, 0.3) is 0 Å². The molecule has 0 aromatic carbocycles. The van der Waals surface area contributed by atoms with Crippen LogP contribution in [-0.4, -0.2) is 6.54 Å². The summed E-state index contributed by atoms with van der Waals surface area (Å²) in [5, 5.41) is 0. The first kappa shape index (κ1) is 13.2. The van der Waals surface area contributed by atoms with Gasteiger partial charge in [-0.05, 0) is 55.7 Å². The summed E-state index contributed by atoms with van der Waals surface area (Å²) in [5.41, 5.74) is 8.45. The second-order valence-electron chi connectivity index (χ2n) is 4.52. The van der Waals surface area contributed by atoms with E-state index in [0.29, 0.717) is 0 Å². The first-order valence-corrected chi connectivity index (χ1v) is 6.56. The molecule has 1 aliphatic rings. The summed E-state index contributed by atoms with van der Waals surface area (Å²) in [7, 11) is 0. The lowest BCUT2D eigenvalue weighted by atomic mass is 9.86. The van der Waals surface area contributed by atoms with E-state index in [1.807, 2.05) is 6.08 Å². The molecule has 0 radical (unpaired) electrons. The fourth-order valence-electron chi connectivity index (χ4n) is 2.50. The smallest absolute Gasteiger partial charge is 0.00424 e. The number of hydrogen-bond donors (Lipinski definition) is 1. The highest BCUT2D eigenvalue weighted by Gasteiger charge is 2.17. The van der Waals surface area contributed by atoms with Crippen molar-refractivity contribution in [3.8, 4) is 0 Å². The summed E-state index contributed by atoms with van der Waals surface area (Å²) in [6.07, 6.45) is 14.0. The molecule has 0 bridgehead atoms. The van der Waals surface area contributed by atoms with Crippen LogP contribution in [0.4, 0.5) is 0 Å². The average molecular weight is 219 g/mol. The van der Waals surface area contributed by atoms with Gasteiger partial charge in [0.1, 0.15) is 0 Å². The molecule has 0 saturated heterocycles. The summed E-state index contributed by atoms with van der Waals surface area (Å²) in [6, 6.07) is 0. The lowest BCUT2D eigenvalue weighted by Gasteiger charge is -2.19. The molecule has 0 amide bonds. The van der Waals surface area contributed by atoms with Crippen molar-refractivity contribution in [2.45, 2.75) is 45.4 Å². The van der Waals surface area contributed by atoms with Gasteiger partial charge in [0.2, 0.25) is 0 Å². The summed E-state index contributed by atoms with van der Waals surface area (Å²) in [6.45, 7) is 6.95. The number of nitrogens with two attached hydrogens (primary N) is 1. The van der Waals surface area contributed by atoms with Crippen LogP contribution >= 0.6 is 0 Å². The molecule has 2 N–H and O–H groups in total. The fourth-order valence-corrected chi connectivity index (χ4v) is 2.50. The number of allylic oxidation sites excluding steroid dienone is 4. The Morgan fingerprint density at radius 3 is 3.00 bits per heavy atom. The van der Waals surface area contributed by atoms with Crippen molar-refractivity contribution in [3.63, 3.8) is 0 Å². The Kier molecular flexibility index (Phi) is 6.17. The molecular formula is C15H25N. The monoisotopic (exact) mass is 219 g/mol. The zero-order valence-corrected chi connectivity index (χ0v) is 10.5. The normalized spacial score (nSPS) is 24.0. The van der Waals surface area contributed by atoms with E-state index in [0.717, 1.165) is 18.9 Å². The van der Waals surface area contributed by atoms with Gasteiger partial charge in [0.25, 0.3) is 0 Å². The minimum atomic E-state index is 0.725. The molecule has 0 aromatic rings. The van der Waals surface area contributed by atoms with E-state index in [1.165, 1.54) is 43.3 Å². The molecule has 0 saturated carbocycles. The van der Waals surface area contributed by atoms with Crippen LogP contribution in [0.15, 0.2) is 36.0 Å². The molecule has 1 aliphatic carbocycles. The van der Waals surface area contributed by atoms with Crippen LogP contribution in [0, 0.1) is 5.92 Å². The van der Waals surface area contributed by atoms with Crippen LogP contribution in [0.3, 0.4) is 0 Å². The van der Waals surface area contributed by atoms with Crippen molar-refractivity contribution >= 4 is 0 Å². The predicted molar refractivity (Wildman–Crippen MR) is 72.3 cm³/mol. The Labute approximate surface area is 100 Å². The average Bonchev–Trinajstić information content (AvgIpc) is 2.49. The van der Waals surface area contributed by atoms with Crippen molar-refractivity contribution < 1.29 is 0 Å². The SMILES string of the molecule is C=CC1=CCCCC(CCC)/C1=C\CCN. The van der Waals surface area contributed by atoms with Gasteiger partial charge < -0.3 is 5.73 Å². The van der Waals surface area contributed by atoms with E-state index in [1.54, 1.807) is 0 Å². The van der Waals surface area contributed by atoms with E-state index >= 15 is 0 Å². The summed E-state index contributed by atoms with van der Waals surface area (Å²) < 4.78 is 0. The first-order valence-electron chi connectivity index (χ1n) is 6.56. The molecular weight excluding hydrogens is 194 g/mol. The molecule has 0 aliphatic heterocycles. The summed E-state index contributed by atoms with van der Waals surface area (Å²) in [4.78, 5) is 0. The fraction of sp³-hybridized carbons (Fsp3) is 0.600. The van der Waals surface area contributed by atoms with Gasteiger partial charge in [-0.3, -0.25) is 0 Å². The molecule has 16 heavy (non-hydrogen) atoms. The zero-order chi connectivity index (χ0) is 11.8. The molecule has 0 aromatic heterocycles. The third kappa shape index (κ3) is 3.64. The van der Waals surface area contributed by atoms with Crippen LogP contribution in [0.1, 0.15) is 45.4 Å². The molecule has 0 spiro atoms. The quantitative estimate of drug-likeness (QED) is 0.743. The topological polar surface area (TPSA) is 26.0 Å². The van der Waals surface area contributed by atoms with Gasteiger partial charge in [-0.15, -0.1) is 0 Å². The van der Waals surface area contributed by atoms with Gasteiger partial charge in [0.05, 0.1) is 0 Å². The molecule has 1 unspecified atom stereocenters. The second-order valence-corrected chi connectivity index (χ2v) is 4.52. The van der Waals surface area contributed by atoms with Crippen LogP contribution in [0.5, 0.6) is 0 Å². The Bertz CT molecular complexity index is 273. The molecule has 1 nitrogen and oxygen atoms in total. The van der Waals surface area contributed by atoms with E-state index in [2.05, 4.69) is 25.7 Å². The van der Waals surface area contributed by atoms with Crippen LogP contribution in [-0.2, 0) is 0 Å². The van der Waals surface area contributed by atoms with Gasteiger partial charge in [0.15, 0.2) is 0 Å². The van der Waals surface area contributed by atoms with Gasteiger partial charge in [-0.1, -0.05) is 38.2 Å². The lowest BCUT2D eigenvalue weighted by molar-refractivity contribution is 0.506. The van der Waals surface area contributed by atoms with Gasteiger partial charge in [-0.2, -0.15) is 0 Å². The van der Waals surface area contributed by atoms with Crippen molar-refractivity contribution in [1.29, 1.82) is 0 Å². The van der Waals surface area contributed by atoms with Gasteiger partial charge in [-0.25, -0.2) is 0 Å². The maximum absolute atomic E-state index is 5.60. The van der Waals surface area contributed by atoms with E-state index < -0.39 is 0 Å². The van der Waals surface area contributed by atoms with Crippen LogP contribution < -0.4 is 5.73 Å². The Morgan fingerprint density at radius 1 is 1.56 bits per heavy atom. The highest BCUT2D eigenvalue weighted by atomic mass is 14.5. The summed E-state index contributed by atoms with van der Waals surface area (Å²) >= 11 is 0. The van der Waals surface area contributed by atoms with Crippen molar-refractivity contribution in [1.82, 2.24) is 0 Å².